The molecule has 2 fully saturated rings. The van der Waals surface area contributed by atoms with E-state index >= 15 is 0 Å². The molecule has 0 spiro atoms. The molecule has 1 N–H and O–H groups in total. The highest BCUT2D eigenvalue weighted by Gasteiger charge is 2.25. The molecule has 2 aromatic carbocycles. The second-order valence-corrected chi connectivity index (χ2v) is 12.3. The molecule has 252 valence electrons. The zero-order valence-electron chi connectivity index (χ0n) is 27.7. The first kappa shape index (κ1) is 31.9. The maximum atomic E-state index is 12.8. The van der Waals surface area contributed by atoms with Crippen molar-refractivity contribution >= 4 is 40.0 Å². The SMILES string of the molecule is COc1ccc(C(=O)/C=C/C(=O)N2CCN(c3ccc(Nc4ncc5cc(-c6cnco6)n(C6CCCCC6)c5n4)c(OC)c3)CC2)cc1. The first-order valence-corrected chi connectivity index (χ1v) is 16.6. The van der Waals surface area contributed by atoms with Crippen molar-refractivity contribution in [3.8, 4) is 23.0 Å². The predicted octanol–water partition coefficient (Wildman–Crippen LogP) is 6.44. The molecule has 1 saturated heterocycles. The average Bonchev–Trinajstić information content (AvgIpc) is 3.83. The number of carbonyl (C=O) groups is 2. The number of ether oxygens (including phenoxy) is 2. The van der Waals surface area contributed by atoms with Crippen LogP contribution in [0.2, 0.25) is 0 Å². The number of aromatic nitrogens is 4. The summed E-state index contributed by atoms with van der Waals surface area (Å²) in [4.78, 5) is 43.1. The van der Waals surface area contributed by atoms with Crippen molar-refractivity contribution < 1.29 is 23.5 Å². The summed E-state index contributed by atoms with van der Waals surface area (Å²) in [5.41, 5.74) is 4.06. The molecule has 4 heterocycles. The second-order valence-electron chi connectivity index (χ2n) is 12.3. The van der Waals surface area contributed by atoms with E-state index in [-0.39, 0.29) is 11.7 Å². The van der Waals surface area contributed by atoms with Crippen LogP contribution in [0.3, 0.4) is 0 Å². The third kappa shape index (κ3) is 6.85. The minimum atomic E-state index is -0.227. The molecule has 12 nitrogen and oxygen atoms in total. The van der Waals surface area contributed by atoms with Gasteiger partial charge >= 0.3 is 0 Å². The van der Waals surface area contributed by atoms with Crippen molar-refractivity contribution in [1.29, 1.82) is 0 Å². The van der Waals surface area contributed by atoms with E-state index in [1.807, 2.05) is 24.4 Å². The Morgan fingerprint density at radius 2 is 1.71 bits per heavy atom. The number of carbonyl (C=O) groups excluding carboxylic acids is 2. The number of oxazole rings is 1. The van der Waals surface area contributed by atoms with Gasteiger partial charge in [0.1, 0.15) is 17.1 Å². The highest BCUT2D eigenvalue weighted by molar-refractivity contribution is 6.07. The molecule has 1 aliphatic carbocycles. The lowest BCUT2D eigenvalue weighted by molar-refractivity contribution is -0.126. The van der Waals surface area contributed by atoms with Crippen LogP contribution in [0.15, 0.2) is 83.9 Å². The number of rotatable bonds is 10. The van der Waals surface area contributed by atoms with Crippen LogP contribution in [0, 0.1) is 0 Å². The van der Waals surface area contributed by atoms with Crippen molar-refractivity contribution in [3.63, 3.8) is 0 Å². The zero-order chi connectivity index (χ0) is 33.7. The van der Waals surface area contributed by atoms with Gasteiger partial charge < -0.3 is 33.6 Å². The van der Waals surface area contributed by atoms with Gasteiger partial charge in [-0.05, 0) is 61.4 Å². The summed E-state index contributed by atoms with van der Waals surface area (Å²) in [7, 11) is 3.21. The number of amides is 1. The fraction of sp³-hybridized carbons (Fsp3) is 0.324. The summed E-state index contributed by atoms with van der Waals surface area (Å²) >= 11 is 0. The summed E-state index contributed by atoms with van der Waals surface area (Å²) in [6.45, 7) is 2.36. The van der Waals surface area contributed by atoms with E-state index in [4.69, 9.17) is 18.9 Å². The summed E-state index contributed by atoms with van der Waals surface area (Å²) in [5, 5.41) is 4.32. The molecule has 3 aromatic heterocycles. The molecule has 12 heteroatoms. The smallest absolute Gasteiger partial charge is 0.246 e. The summed E-state index contributed by atoms with van der Waals surface area (Å²) < 4.78 is 18.9. The maximum Gasteiger partial charge on any atom is 0.246 e. The first-order chi connectivity index (χ1) is 24.0. The normalized spacial score (nSPS) is 15.6. The lowest BCUT2D eigenvalue weighted by atomic mass is 9.95. The summed E-state index contributed by atoms with van der Waals surface area (Å²) in [5.74, 6) is 2.11. The van der Waals surface area contributed by atoms with E-state index in [1.165, 1.54) is 37.8 Å². The standard InChI is InChI=1S/C37H39N7O5/c1-47-29-11-8-25(9-12-29)32(45)14-15-35(46)43-18-16-42(17-19-43)28-10-13-30(33(21-28)48-2)40-37-39-22-26-20-31(34-23-38-24-49-34)44(36(26)41-37)27-6-4-3-5-7-27/h8-15,20-24,27H,3-7,16-19H2,1-2H3,(H,39,40,41)/b15-14+. The number of benzene rings is 2. The second kappa shape index (κ2) is 14.2. The van der Waals surface area contributed by atoms with Crippen LogP contribution in [-0.4, -0.2) is 76.5 Å². The number of fused-ring (bicyclic) bond motifs is 1. The minimum Gasteiger partial charge on any atom is -0.497 e. The van der Waals surface area contributed by atoms with Gasteiger partial charge in [0.25, 0.3) is 0 Å². The Morgan fingerprint density at radius 1 is 0.918 bits per heavy atom. The largest absolute Gasteiger partial charge is 0.497 e. The number of hydrogen-bond acceptors (Lipinski definition) is 10. The van der Waals surface area contributed by atoms with Crippen molar-refractivity contribution in [3.05, 3.63) is 85.0 Å². The van der Waals surface area contributed by atoms with Gasteiger partial charge in [-0.2, -0.15) is 4.98 Å². The first-order valence-electron chi connectivity index (χ1n) is 16.6. The molecular formula is C37H39N7O5. The monoisotopic (exact) mass is 661 g/mol. The van der Waals surface area contributed by atoms with Crippen LogP contribution in [0.25, 0.3) is 22.5 Å². The maximum absolute atomic E-state index is 12.8. The van der Waals surface area contributed by atoms with E-state index in [9.17, 15) is 9.59 Å². The minimum absolute atomic E-state index is 0.182. The quantitative estimate of drug-likeness (QED) is 0.132. The number of allylic oxidation sites excluding steroid dienone is 1. The Morgan fingerprint density at radius 3 is 2.43 bits per heavy atom. The Kier molecular flexibility index (Phi) is 9.27. The molecule has 0 bridgehead atoms. The van der Waals surface area contributed by atoms with Crippen LogP contribution in [0.1, 0.15) is 48.5 Å². The molecule has 0 atom stereocenters. The Bertz CT molecular complexity index is 1960. The average molecular weight is 662 g/mol. The highest BCUT2D eigenvalue weighted by atomic mass is 16.5. The number of anilines is 3. The molecule has 1 amide bonds. The van der Waals surface area contributed by atoms with Gasteiger partial charge in [0.2, 0.25) is 11.9 Å². The van der Waals surface area contributed by atoms with Crippen molar-refractivity contribution in [1.82, 2.24) is 24.4 Å². The van der Waals surface area contributed by atoms with Gasteiger partial charge in [-0.3, -0.25) is 9.59 Å². The van der Waals surface area contributed by atoms with E-state index in [2.05, 4.69) is 30.8 Å². The van der Waals surface area contributed by atoms with E-state index < -0.39 is 0 Å². The van der Waals surface area contributed by atoms with Crippen molar-refractivity contribution in [2.45, 2.75) is 38.1 Å². The van der Waals surface area contributed by atoms with E-state index in [1.54, 1.807) is 49.6 Å². The van der Waals surface area contributed by atoms with Crippen LogP contribution in [0.5, 0.6) is 11.5 Å². The molecule has 0 radical (unpaired) electrons. The lowest BCUT2D eigenvalue weighted by Gasteiger charge is -2.36. The van der Waals surface area contributed by atoms with E-state index in [0.717, 1.165) is 46.7 Å². The lowest BCUT2D eigenvalue weighted by Crippen LogP contribution is -2.48. The molecule has 2 aliphatic rings. The third-order valence-corrected chi connectivity index (χ3v) is 9.34. The molecule has 5 aromatic rings. The number of methoxy groups -OCH3 is 2. The summed E-state index contributed by atoms with van der Waals surface area (Å²) in [6.07, 6.45) is 13.5. The third-order valence-electron chi connectivity index (χ3n) is 9.34. The van der Waals surface area contributed by atoms with Gasteiger partial charge in [0, 0.05) is 67.2 Å². The molecule has 0 unspecified atom stereocenters. The fourth-order valence-corrected chi connectivity index (χ4v) is 6.70. The van der Waals surface area contributed by atoms with E-state index in [0.29, 0.717) is 55.2 Å². The van der Waals surface area contributed by atoms with Gasteiger partial charge in [-0.15, -0.1) is 0 Å². The van der Waals surface area contributed by atoms with Crippen LogP contribution < -0.4 is 19.7 Å². The van der Waals surface area contributed by atoms with Crippen LogP contribution >= 0.6 is 0 Å². The molecule has 49 heavy (non-hydrogen) atoms. The molecular weight excluding hydrogens is 622 g/mol. The number of nitrogens with zero attached hydrogens (tertiary/aromatic N) is 6. The number of hydrogen-bond donors (Lipinski definition) is 1. The summed E-state index contributed by atoms with van der Waals surface area (Å²) in [6, 6.07) is 15.2. The highest BCUT2D eigenvalue weighted by Crippen LogP contribution is 2.38. The van der Waals surface area contributed by atoms with Crippen molar-refractivity contribution in [2.75, 3.05) is 50.6 Å². The van der Waals surface area contributed by atoms with Gasteiger partial charge in [-0.25, -0.2) is 9.97 Å². The van der Waals surface area contributed by atoms with Crippen LogP contribution in [-0.2, 0) is 4.79 Å². The molecule has 1 aliphatic heterocycles. The molecule has 7 rings (SSSR count). The van der Waals surface area contributed by atoms with Gasteiger partial charge in [0.05, 0.1) is 31.8 Å². The number of nitrogens with one attached hydrogen (secondary N) is 1. The Balaban J connectivity index is 1.02. The Hall–Kier alpha value is -5.65. The topological polar surface area (TPSA) is 128 Å². The molecule has 1 saturated carbocycles. The predicted molar refractivity (Wildman–Crippen MR) is 187 cm³/mol. The fourth-order valence-electron chi connectivity index (χ4n) is 6.70. The number of ketones is 1. The van der Waals surface area contributed by atoms with Crippen molar-refractivity contribution in [2.24, 2.45) is 0 Å². The van der Waals surface area contributed by atoms with Crippen LogP contribution in [0.4, 0.5) is 17.3 Å². The zero-order valence-corrected chi connectivity index (χ0v) is 27.7. The van der Waals surface area contributed by atoms with Gasteiger partial charge in [0.15, 0.2) is 17.9 Å². The van der Waals surface area contributed by atoms with Gasteiger partial charge in [-0.1, -0.05) is 19.3 Å². The Labute approximate surface area is 284 Å². The number of piperazine rings is 1.